The molecule has 0 amide bonds. The highest BCUT2D eigenvalue weighted by Gasteiger charge is 2.44. The van der Waals surface area contributed by atoms with Crippen LogP contribution in [0.1, 0.15) is 22.7 Å². The van der Waals surface area contributed by atoms with Crippen molar-refractivity contribution in [1.82, 2.24) is 4.98 Å². The summed E-state index contributed by atoms with van der Waals surface area (Å²) in [5, 5.41) is 0.395. The minimum absolute atomic E-state index is 0.253. The number of rotatable bonds is 7. The van der Waals surface area contributed by atoms with Crippen molar-refractivity contribution in [3.05, 3.63) is 94.5 Å². The molecule has 1 aromatic heterocycles. The minimum atomic E-state index is -4.74. The summed E-state index contributed by atoms with van der Waals surface area (Å²) < 4.78 is 69.7. The summed E-state index contributed by atoms with van der Waals surface area (Å²) in [4.78, 5) is 4.25. The van der Waals surface area contributed by atoms with E-state index in [2.05, 4.69) is 9.72 Å². The first-order valence-electron chi connectivity index (χ1n) is 8.55. The maximum Gasteiger partial charge on any atom is 0.461 e. The van der Waals surface area contributed by atoms with Crippen LogP contribution in [0.15, 0.2) is 66.9 Å². The standard InChI is InChI=1S/C21H15ClF5NO/c22-15-6-7-19(28-12-15)18(8-13-4-2-1-3-5-13)14-9-16(23)11-17(10-14)29-21(26,27)20(24)25/h1-7,9-12,18,20H,8H2. The Hall–Kier alpha value is -2.67. The van der Waals surface area contributed by atoms with Crippen molar-refractivity contribution >= 4 is 11.6 Å². The van der Waals surface area contributed by atoms with Gasteiger partial charge >= 0.3 is 12.5 Å². The van der Waals surface area contributed by atoms with Gasteiger partial charge in [0, 0.05) is 23.9 Å². The lowest BCUT2D eigenvalue weighted by molar-refractivity contribution is -0.253. The SMILES string of the molecule is Fc1cc(OC(F)(F)C(F)F)cc(C(Cc2ccccc2)c2ccc(Cl)cn2)c1. The second-order valence-corrected chi connectivity index (χ2v) is 6.76. The quantitative estimate of drug-likeness (QED) is 0.402. The lowest BCUT2D eigenvalue weighted by atomic mass is 9.88. The van der Waals surface area contributed by atoms with Crippen LogP contribution < -0.4 is 4.74 Å². The molecule has 1 heterocycles. The molecule has 0 bridgehead atoms. The number of hydrogen-bond acceptors (Lipinski definition) is 2. The molecule has 3 aromatic rings. The Morgan fingerprint density at radius 3 is 2.34 bits per heavy atom. The van der Waals surface area contributed by atoms with Crippen LogP contribution in [0.25, 0.3) is 0 Å². The lowest BCUT2D eigenvalue weighted by Gasteiger charge is -2.21. The first kappa shape index (κ1) is 21.0. The fourth-order valence-electron chi connectivity index (χ4n) is 2.88. The van der Waals surface area contributed by atoms with Gasteiger partial charge in [-0.25, -0.2) is 4.39 Å². The summed E-state index contributed by atoms with van der Waals surface area (Å²) in [5.74, 6) is -2.14. The van der Waals surface area contributed by atoms with E-state index in [-0.39, 0.29) is 5.56 Å². The maximum atomic E-state index is 14.1. The van der Waals surface area contributed by atoms with Gasteiger partial charge in [0.25, 0.3) is 0 Å². The van der Waals surface area contributed by atoms with Crippen molar-refractivity contribution in [3.8, 4) is 5.75 Å². The highest BCUT2D eigenvalue weighted by atomic mass is 35.5. The zero-order chi connectivity index (χ0) is 21.0. The van der Waals surface area contributed by atoms with Crippen molar-refractivity contribution < 1.29 is 26.7 Å². The van der Waals surface area contributed by atoms with E-state index in [1.807, 2.05) is 30.3 Å². The van der Waals surface area contributed by atoms with Crippen molar-refractivity contribution in [3.63, 3.8) is 0 Å². The molecule has 0 aliphatic carbocycles. The van der Waals surface area contributed by atoms with E-state index in [9.17, 15) is 22.0 Å². The highest BCUT2D eigenvalue weighted by molar-refractivity contribution is 6.30. The molecule has 0 aliphatic rings. The largest absolute Gasteiger partial charge is 0.461 e. The molecular formula is C21H15ClF5NO. The van der Waals surface area contributed by atoms with E-state index in [1.54, 1.807) is 12.1 Å². The Bertz CT molecular complexity index is 951. The van der Waals surface area contributed by atoms with Crippen LogP contribution in [0.2, 0.25) is 5.02 Å². The van der Waals surface area contributed by atoms with Crippen LogP contribution in [0.3, 0.4) is 0 Å². The summed E-state index contributed by atoms with van der Waals surface area (Å²) in [7, 11) is 0. The van der Waals surface area contributed by atoms with Gasteiger partial charge in [-0.05, 0) is 41.8 Å². The van der Waals surface area contributed by atoms with Gasteiger partial charge < -0.3 is 4.74 Å². The smallest absolute Gasteiger partial charge is 0.428 e. The summed E-state index contributed by atoms with van der Waals surface area (Å²) in [6, 6.07) is 15.3. The Balaban J connectivity index is 2.01. The molecule has 1 unspecified atom stereocenters. The normalized spacial score (nSPS) is 12.8. The van der Waals surface area contributed by atoms with Crippen LogP contribution in [0.5, 0.6) is 5.75 Å². The summed E-state index contributed by atoms with van der Waals surface area (Å²) >= 11 is 5.88. The molecular weight excluding hydrogens is 413 g/mol. The van der Waals surface area contributed by atoms with Gasteiger partial charge in [0.2, 0.25) is 0 Å². The van der Waals surface area contributed by atoms with E-state index in [1.165, 1.54) is 6.20 Å². The van der Waals surface area contributed by atoms with Crippen LogP contribution in [-0.4, -0.2) is 17.5 Å². The molecule has 2 nitrogen and oxygen atoms in total. The number of ether oxygens (including phenoxy) is 1. The van der Waals surface area contributed by atoms with Crippen molar-refractivity contribution in [2.45, 2.75) is 24.9 Å². The van der Waals surface area contributed by atoms with E-state index in [0.717, 1.165) is 17.7 Å². The molecule has 0 saturated carbocycles. The molecule has 29 heavy (non-hydrogen) atoms. The van der Waals surface area contributed by atoms with Gasteiger partial charge in [-0.1, -0.05) is 41.9 Å². The van der Waals surface area contributed by atoms with Crippen molar-refractivity contribution in [1.29, 1.82) is 0 Å². The van der Waals surface area contributed by atoms with Gasteiger partial charge in [-0.2, -0.15) is 17.6 Å². The average Bonchev–Trinajstić information content (AvgIpc) is 2.67. The van der Waals surface area contributed by atoms with E-state index >= 15 is 0 Å². The van der Waals surface area contributed by atoms with E-state index in [0.29, 0.717) is 23.2 Å². The summed E-state index contributed by atoms with van der Waals surface area (Å²) in [6.45, 7) is 0. The topological polar surface area (TPSA) is 22.1 Å². The van der Waals surface area contributed by atoms with Crippen LogP contribution in [-0.2, 0) is 6.42 Å². The second-order valence-electron chi connectivity index (χ2n) is 6.33. The minimum Gasteiger partial charge on any atom is -0.428 e. The molecule has 3 rings (SSSR count). The van der Waals surface area contributed by atoms with Crippen LogP contribution >= 0.6 is 11.6 Å². The molecule has 0 N–H and O–H groups in total. The molecule has 0 spiro atoms. The number of hydrogen-bond donors (Lipinski definition) is 0. The molecule has 0 aliphatic heterocycles. The highest BCUT2D eigenvalue weighted by Crippen LogP contribution is 2.34. The van der Waals surface area contributed by atoms with Crippen LogP contribution in [0, 0.1) is 5.82 Å². The molecule has 0 radical (unpaired) electrons. The molecule has 1 atom stereocenters. The van der Waals surface area contributed by atoms with Gasteiger partial charge in [-0.3, -0.25) is 4.98 Å². The third-order valence-electron chi connectivity index (χ3n) is 4.19. The lowest BCUT2D eigenvalue weighted by Crippen LogP contribution is -2.33. The first-order chi connectivity index (χ1) is 13.7. The average molecular weight is 428 g/mol. The molecule has 0 saturated heterocycles. The number of halogens is 6. The number of aromatic nitrogens is 1. The third kappa shape index (κ3) is 5.44. The molecule has 152 valence electrons. The van der Waals surface area contributed by atoms with E-state index in [4.69, 9.17) is 11.6 Å². The van der Waals surface area contributed by atoms with Gasteiger partial charge in [-0.15, -0.1) is 0 Å². The van der Waals surface area contributed by atoms with Crippen molar-refractivity contribution in [2.24, 2.45) is 0 Å². The molecule has 0 fully saturated rings. The second kappa shape index (κ2) is 8.78. The van der Waals surface area contributed by atoms with Gasteiger partial charge in [0.1, 0.15) is 11.6 Å². The monoisotopic (exact) mass is 427 g/mol. The Kier molecular flexibility index (Phi) is 6.37. The van der Waals surface area contributed by atoms with Gasteiger partial charge in [0.05, 0.1) is 5.02 Å². The zero-order valence-corrected chi connectivity index (χ0v) is 15.6. The number of nitrogens with zero attached hydrogens (tertiary/aromatic N) is 1. The number of pyridine rings is 1. The summed E-state index contributed by atoms with van der Waals surface area (Å²) in [6.07, 6.45) is -7.01. The predicted molar refractivity (Wildman–Crippen MR) is 99.2 cm³/mol. The Morgan fingerprint density at radius 2 is 1.72 bits per heavy atom. The Labute approximate surface area is 168 Å². The van der Waals surface area contributed by atoms with Gasteiger partial charge in [0.15, 0.2) is 0 Å². The predicted octanol–water partition coefficient (Wildman–Crippen LogP) is 6.49. The van der Waals surface area contributed by atoms with E-state index < -0.39 is 30.0 Å². The zero-order valence-electron chi connectivity index (χ0n) is 14.8. The molecule has 2 aromatic carbocycles. The van der Waals surface area contributed by atoms with Crippen molar-refractivity contribution in [2.75, 3.05) is 0 Å². The maximum absolute atomic E-state index is 14.1. The Morgan fingerprint density at radius 1 is 1.00 bits per heavy atom. The fraction of sp³-hybridized carbons (Fsp3) is 0.190. The van der Waals surface area contributed by atoms with Crippen LogP contribution in [0.4, 0.5) is 22.0 Å². The number of alkyl halides is 4. The fourth-order valence-corrected chi connectivity index (χ4v) is 2.99. The first-order valence-corrected chi connectivity index (χ1v) is 8.93. The number of benzene rings is 2. The summed E-state index contributed by atoms with van der Waals surface area (Å²) in [5.41, 5.74) is 1.65. The molecule has 8 heteroatoms. The third-order valence-corrected chi connectivity index (χ3v) is 4.42.